The molecule has 8 heteroatoms. The SMILES string of the molecule is C[N+]1(c2cccc(C(N)=O)c2C2(Cl)C=CC=CC2)C=C(OC=O)C(CF)=N1. The molecule has 1 heterocycles. The van der Waals surface area contributed by atoms with Crippen LogP contribution in [0.1, 0.15) is 22.3 Å². The number of rotatable bonds is 6. The summed E-state index contributed by atoms with van der Waals surface area (Å²) in [5.74, 6) is -0.614. The minimum atomic E-state index is -1.02. The Labute approximate surface area is 160 Å². The highest BCUT2D eigenvalue weighted by Crippen LogP contribution is 2.46. The highest BCUT2D eigenvalue weighted by Gasteiger charge is 2.43. The Morgan fingerprint density at radius 3 is 2.85 bits per heavy atom. The molecular formula is C19H18ClFN3O3+. The van der Waals surface area contributed by atoms with Gasteiger partial charge in [0.25, 0.3) is 6.47 Å². The standard InChI is InChI=1S/C19H17ClFN3O3/c1-24(11-16(27-12-25)14(10-21)23-24)15-7-5-6-13(18(22)26)17(15)19(20)8-3-2-4-9-19/h2-8,11-12H,9-10H2,1H3,(H-,22,26)/p+1. The van der Waals surface area contributed by atoms with Gasteiger partial charge in [0, 0.05) is 6.07 Å². The van der Waals surface area contributed by atoms with Gasteiger partial charge >= 0.3 is 0 Å². The van der Waals surface area contributed by atoms with Crippen molar-refractivity contribution in [3.63, 3.8) is 0 Å². The smallest absolute Gasteiger partial charge is 0.298 e. The van der Waals surface area contributed by atoms with Gasteiger partial charge in [-0.2, -0.15) is 0 Å². The predicted molar refractivity (Wildman–Crippen MR) is 102 cm³/mol. The molecule has 1 aromatic carbocycles. The van der Waals surface area contributed by atoms with Crippen molar-refractivity contribution in [1.29, 1.82) is 0 Å². The first-order chi connectivity index (χ1) is 12.8. The number of primary amides is 1. The largest absolute Gasteiger partial charge is 0.421 e. The second-order valence-corrected chi connectivity index (χ2v) is 7.01. The number of carbonyl (C=O) groups is 2. The summed E-state index contributed by atoms with van der Waals surface area (Å²) in [5, 5.41) is 4.35. The van der Waals surface area contributed by atoms with E-state index in [1.54, 1.807) is 37.4 Å². The average Bonchev–Trinajstić information content (AvgIpc) is 2.99. The van der Waals surface area contributed by atoms with Gasteiger partial charge in [-0.15, -0.1) is 16.2 Å². The molecule has 0 radical (unpaired) electrons. The number of carbonyl (C=O) groups excluding carboxylic acids is 2. The summed E-state index contributed by atoms with van der Waals surface area (Å²) in [7, 11) is 1.67. The number of nitrogens with two attached hydrogens (primary N) is 1. The summed E-state index contributed by atoms with van der Waals surface area (Å²) in [6, 6.07) is 4.98. The van der Waals surface area contributed by atoms with E-state index in [1.807, 2.05) is 12.2 Å². The Kier molecular flexibility index (Phi) is 4.99. The highest BCUT2D eigenvalue weighted by atomic mass is 35.5. The molecule has 0 saturated carbocycles. The maximum absolute atomic E-state index is 13.4. The lowest BCUT2D eigenvalue weighted by Crippen LogP contribution is -2.36. The fraction of sp³-hybridized carbons (Fsp3) is 0.211. The van der Waals surface area contributed by atoms with Gasteiger partial charge in [0.1, 0.15) is 13.7 Å². The quantitative estimate of drug-likeness (QED) is 0.460. The molecule has 0 spiro atoms. The molecule has 3 rings (SSSR count). The van der Waals surface area contributed by atoms with E-state index in [0.29, 0.717) is 17.7 Å². The van der Waals surface area contributed by atoms with E-state index in [1.165, 1.54) is 6.20 Å². The molecule has 140 valence electrons. The van der Waals surface area contributed by atoms with E-state index < -0.39 is 17.5 Å². The molecule has 1 aromatic rings. The summed E-state index contributed by atoms with van der Waals surface area (Å²) in [6.07, 6.45) is 9.21. The van der Waals surface area contributed by atoms with Gasteiger partial charge in [0.15, 0.2) is 17.6 Å². The van der Waals surface area contributed by atoms with Crippen molar-refractivity contribution in [2.24, 2.45) is 10.8 Å². The lowest BCUT2D eigenvalue weighted by atomic mass is 9.86. The van der Waals surface area contributed by atoms with Crippen LogP contribution in [0.5, 0.6) is 0 Å². The molecule has 0 fully saturated rings. The molecule has 27 heavy (non-hydrogen) atoms. The Balaban J connectivity index is 2.26. The second-order valence-electron chi connectivity index (χ2n) is 6.33. The summed E-state index contributed by atoms with van der Waals surface area (Å²) in [5.41, 5.74) is 6.83. The number of halogens is 2. The van der Waals surface area contributed by atoms with Crippen LogP contribution in [-0.4, -0.2) is 31.8 Å². The van der Waals surface area contributed by atoms with Crippen LogP contribution in [0.25, 0.3) is 0 Å². The molecule has 0 aromatic heterocycles. The second kappa shape index (κ2) is 7.09. The number of alkyl halides is 2. The van der Waals surface area contributed by atoms with Crippen LogP contribution in [0, 0.1) is 0 Å². The van der Waals surface area contributed by atoms with E-state index in [0.717, 1.165) is 0 Å². The van der Waals surface area contributed by atoms with E-state index >= 15 is 0 Å². The Morgan fingerprint density at radius 2 is 2.26 bits per heavy atom. The first-order valence-electron chi connectivity index (χ1n) is 8.16. The van der Waals surface area contributed by atoms with Crippen molar-refractivity contribution >= 4 is 35.4 Å². The number of quaternary nitrogens is 1. The number of amides is 1. The monoisotopic (exact) mass is 390 g/mol. The van der Waals surface area contributed by atoms with Crippen LogP contribution < -0.4 is 10.3 Å². The molecule has 1 aliphatic heterocycles. The zero-order valence-corrected chi connectivity index (χ0v) is 15.3. The van der Waals surface area contributed by atoms with E-state index in [4.69, 9.17) is 22.1 Å². The third-order valence-electron chi connectivity index (χ3n) is 4.52. The number of allylic oxidation sites excluding steroid dienone is 5. The Hall–Kier alpha value is -2.77. The van der Waals surface area contributed by atoms with Crippen LogP contribution in [0.2, 0.25) is 0 Å². The molecule has 0 bridgehead atoms. The van der Waals surface area contributed by atoms with E-state index in [-0.39, 0.29) is 28.1 Å². The molecule has 2 unspecified atom stereocenters. The topological polar surface area (TPSA) is 81.8 Å². The summed E-state index contributed by atoms with van der Waals surface area (Å²) < 4.78 is 18.0. The minimum absolute atomic E-state index is 0.0114. The third-order valence-corrected chi connectivity index (χ3v) is 4.99. The van der Waals surface area contributed by atoms with E-state index in [9.17, 15) is 14.0 Å². The van der Waals surface area contributed by atoms with Crippen LogP contribution in [0.15, 0.2) is 59.6 Å². The molecule has 1 aliphatic carbocycles. The van der Waals surface area contributed by atoms with Crippen molar-refractivity contribution in [1.82, 2.24) is 4.59 Å². The Morgan fingerprint density at radius 1 is 1.48 bits per heavy atom. The number of hydrogen-bond acceptors (Lipinski definition) is 4. The van der Waals surface area contributed by atoms with Crippen molar-refractivity contribution in [3.8, 4) is 0 Å². The zero-order chi connectivity index (χ0) is 19.7. The van der Waals surface area contributed by atoms with Crippen molar-refractivity contribution in [2.45, 2.75) is 11.3 Å². The zero-order valence-electron chi connectivity index (χ0n) is 14.6. The van der Waals surface area contributed by atoms with Crippen LogP contribution in [0.4, 0.5) is 10.1 Å². The number of hydrogen-bond donors (Lipinski definition) is 1. The maximum atomic E-state index is 13.4. The highest BCUT2D eigenvalue weighted by molar-refractivity contribution is 6.27. The van der Waals surface area contributed by atoms with Crippen molar-refractivity contribution in [2.75, 3.05) is 13.7 Å². The lowest BCUT2D eigenvalue weighted by molar-refractivity contribution is -0.124. The minimum Gasteiger partial charge on any atom is -0.421 e. The molecule has 0 saturated heterocycles. The summed E-state index contributed by atoms with van der Waals surface area (Å²) in [6.45, 7) is -0.696. The molecule has 1 amide bonds. The predicted octanol–water partition coefficient (Wildman–Crippen LogP) is 3.03. The maximum Gasteiger partial charge on any atom is 0.298 e. The number of nitrogens with zero attached hydrogens (tertiary/aromatic N) is 2. The van der Waals surface area contributed by atoms with Gasteiger partial charge in [0.05, 0.1) is 16.0 Å². The van der Waals surface area contributed by atoms with Gasteiger partial charge < -0.3 is 10.5 Å². The Bertz CT molecular complexity index is 925. The lowest BCUT2D eigenvalue weighted by Gasteiger charge is -2.31. The van der Waals surface area contributed by atoms with Crippen molar-refractivity contribution in [3.05, 3.63) is 65.6 Å². The summed E-state index contributed by atoms with van der Waals surface area (Å²) >= 11 is 6.88. The molecular weight excluding hydrogens is 373 g/mol. The van der Waals surface area contributed by atoms with Crippen LogP contribution in [0.3, 0.4) is 0 Å². The third kappa shape index (κ3) is 3.31. The summed E-state index contributed by atoms with van der Waals surface area (Å²) in [4.78, 5) is 21.8. The van der Waals surface area contributed by atoms with Gasteiger partial charge in [-0.25, -0.2) is 4.39 Å². The molecule has 2 N–H and O–H groups in total. The van der Waals surface area contributed by atoms with Crippen LogP contribution >= 0.6 is 11.6 Å². The first kappa shape index (κ1) is 19.0. The number of benzene rings is 1. The first-order valence-corrected chi connectivity index (χ1v) is 8.54. The average molecular weight is 391 g/mol. The van der Waals surface area contributed by atoms with Crippen LogP contribution in [-0.2, 0) is 14.4 Å². The van der Waals surface area contributed by atoms with Gasteiger partial charge in [0.2, 0.25) is 11.7 Å². The fourth-order valence-electron chi connectivity index (χ4n) is 3.34. The van der Waals surface area contributed by atoms with Gasteiger partial charge in [-0.1, -0.05) is 35.5 Å². The normalized spacial score (nSPS) is 26.5. The molecule has 2 aliphatic rings. The van der Waals surface area contributed by atoms with Gasteiger partial charge in [-0.05, 0) is 12.5 Å². The molecule has 6 nitrogen and oxygen atoms in total. The van der Waals surface area contributed by atoms with Crippen molar-refractivity contribution < 1.29 is 18.7 Å². The number of ether oxygens (including phenoxy) is 1. The molecule has 2 atom stereocenters. The van der Waals surface area contributed by atoms with E-state index in [2.05, 4.69) is 5.10 Å². The van der Waals surface area contributed by atoms with Gasteiger partial charge in [-0.3, -0.25) is 9.59 Å². The fourth-order valence-corrected chi connectivity index (χ4v) is 3.70.